The Labute approximate surface area is 231 Å². The molecule has 0 amide bonds. The molecule has 39 heavy (non-hydrogen) atoms. The molecule has 9 nitrogen and oxygen atoms in total. The van der Waals surface area contributed by atoms with Gasteiger partial charge in [0.1, 0.15) is 10.9 Å². The maximum absolute atomic E-state index is 13.0. The Kier molecular flexibility index (Phi) is 8.35. The molecule has 0 aliphatic carbocycles. The van der Waals surface area contributed by atoms with Crippen LogP contribution in [-0.4, -0.2) is 58.2 Å². The number of hydrogen-bond acceptors (Lipinski definition) is 10. The first-order valence-corrected chi connectivity index (χ1v) is 12.9. The van der Waals surface area contributed by atoms with E-state index in [0.29, 0.717) is 44.9 Å². The number of nitrogens with zero attached hydrogens (tertiary/aromatic N) is 2. The van der Waals surface area contributed by atoms with Gasteiger partial charge in [-0.25, -0.2) is 9.78 Å². The molecule has 1 aromatic heterocycles. The highest BCUT2D eigenvalue weighted by Crippen LogP contribution is 2.45. The van der Waals surface area contributed by atoms with E-state index >= 15 is 0 Å². The number of aliphatic imine (C=N–C) groups is 1. The minimum atomic E-state index is -0.802. The molecule has 0 N–H and O–H groups in total. The summed E-state index contributed by atoms with van der Waals surface area (Å²) in [6.07, 6.45) is 0. The number of methoxy groups -OCH3 is 5. The van der Waals surface area contributed by atoms with Crippen molar-refractivity contribution in [3.05, 3.63) is 58.6 Å². The quantitative estimate of drug-likeness (QED) is 0.348. The number of esters is 2. The van der Waals surface area contributed by atoms with Gasteiger partial charge in [0, 0.05) is 33.8 Å². The SMILES string of the molecule is COC(=O)C1=C(C)N=C(C)C(C(=O)OC)C1c1ccccc1-c1nc(-c2cc(OC)c(OC)c(OC)c2)cs1. The molecule has 204 valence electrons. The number of carbonyl (C=O) groups excluding carboxylic acids is 2. The molecule has 0 spiro atoms. The third-order valence-electron chi connectivity index (χ3n) is 6.68. The molecule has 2 aromatic carbocycles. The Balaban J connectivity index is 1.87. The summed E-state index contributed by atoms with van der Waals surface area (Å²) in [5.41, 5.74) is 4.38. The van der Waals surface area contributed by atoms with Gasteiger partial charge in [0.05, 0.1) is 46.8 Å². The summed E-state index contributed by atoms with van der Waals surface area (Å²) in [5.74, 6) is -0.983. The van der Waals surface area contributed by atoms with Crippen LogP contribution < -0.4 is 14.2 Å². The Morgan fingerprint density at radius 2 is 1.56 bits per heavy atom. The molecule has 0 saturated carbocycles. The predicted octanol–water partition coefficient (Wildman–Crippen LogP) is 5.30. The van der Waals surface area contributed by atoms with Crippen LogP contribution in [0.1, 0.15) is 25.3 Å². The average Bonchev–Trinajstić information content (AvgIpc) is 3.45. The largest absolute Gasteiger partial charge is 0.493 e. The third-order valence-corrected chi connectivity index (χ3v) is 7.56. The number of aromatic nitrogens is 1. The Hall–Kier alpha value is -4.18. The van der Waals surface area contributed by atoms with Gasteiger partial charge in [0.25, 0.3) is 0 Å². The molecule has 3 aromatic rings. The van der Waals surface area contributed by atoms with Crippen molar-refractivity contribution in [2.24, 2.45) is 10.9 Å². The molecular weight excluding hydrogens is 520 g/mol. The molecule has 2 unspecified atom stereocenters. The lowest BCUT2D eigenvalue weighted by molar-refractivity contribution is -0.143. The van der Waals surface area contributed by atoms with Gasteiger partial charge >= 0.3 is 11.9 Å². The van der Waals surface area contributed by atoms with Crippen molar-refractivity contribution < 1.29 is 33.3 Å². The van der Waals surface area contributed by atoms with Gasteiger partial charge in [-0.2, -0.15) is 0 Å². The number of ether oxygens (including phenoxy) is 5. The molecular formula is C29H30N2O7S. The van der Waals surface area contributed by atoms with Crippen LogP contribution >= 0.6 is 11.3 Å². The van der Waals surface area contributed by atoms with Gasteiger partial charge < -0.3 is 23.7 Å². The standard InChI is InChI=1S/C29H30N2O7S/c1-15-23(28(32)37-6)25(24(16(2)30-15)29(33)38-7)18-10-8-9-11-19(18)27-31-20(14-39-27)17-12-21(34-3)26(36-5)22(13-17)35-4/h8-14,23,25H,1-7H3. The van der Waals surface area contributed by atoms with Crippen LogP contribution in [0.5, 0.6) is 17.2 Å². The molecule has 2 atom stereocenters. The second kappa shape index (κ2) is 11.7. The van der Waals surface area contributed by atoms with E-state index in [0.717, 1.165) is 16.7 Å². The van der Waals surface area contributed by atoms with Crippen LogP contribution in [0, 0.1) is 5.92 Å². The molecule has 0 saturated heterocycles. The summed E-state index contributed by atoms with van der Waals surface area (Å²) in [6, 6.07) is 11.2. The number of benzene rings is 2. The van der Waals surface area contributed by atoms with Gasteiger partial charge in [0.2, 0.25) is 5.75 Å². The fourth-order valence-corrected chi connectivity index (χ4v) is 5.78. The highest BCUT2D eigenvalue weighted by Gasteiger charge is 2.43. The second-order valence-corrected chi connectivity index (χ2v) is 9.62. The van der Waals surface area contributed by atoms with Gasteiger partial charge in [-0.1, -0.05) is 24.3 Å². The van der Waals surface area contributed by atoms with Gasteiger partial charge in [-0.15, -0.1) is 11.3 Å². The van der Waals surface area contributed by atoms with Crippen molar-refractivity contribution in [2.45, 2.75) is 19.8 Å². The third kappa shape index (κ3) is 5.12. The molecule has 2 heterocycles. The number of thiazole rings is 1. The zero-order chi connectivity index (χ0) is 28.3. The highest BCUT2D eigenvalue weighted by molar-refractivity contribution is 7.13. The fraction of sp³-hybridized carbons (Fsp3) is 0.310. The summed E-state index contributed by atoms with van der Waals surface area (Å²) in [6.45, 7) is 3.51. The van der Waals surface area contributed by atoms with E-state index in [1.165, 1.54) is 25.6 Å². The van der Waals surface area contributed by atoms with E-state index in [2.05, 4.69) is 4.99 Å². The van der Waals surface area contributed by atoms with Crippen molar-refractivity contribution in [3.8, 4) is 39.1 Å². The van der Waals surface area contributed by atoms with Crippen LogP contribution in [0.25, 0.3) is 21.8 Å². The first-order chi connectivity index (χ1) is 18.8. The lowest BCUT2D eigenvalue weighted by Gasteiger charge is -2.32. The molecule has 0 bridgehead atoms. The van der Waals surface area contributed by atoms with Crippen molar-refractivity contribution in [2.75, 3.05) is 35.5 Å². The van der Waals surface area contributed by atoms with Crippen molar-refractivity contribution in [3.63, 3.8) is 0 Å². The van der Waals surface area contributed by atoms with Gasteiger partial charge in [0.15, 0.2) is 11.5 Å². The predicted molar refractivity (Wildman–Crippen MR) is 149 cm³/mol. The minimum Gasteiger partial charge on any atom is -0.493 e. The molecule has 10 heteroatoms. The lowest BCUT2D eigenvalue weighted by Crippen LogP contribution is -2.36. The van der Waals surface area contributed by atoms with Crippen LogP contribution in [0.3, 0.4) is 0 Å². The molecule has 1 aliphatic heterocycles. The fourth-order valence-electron chi connectivity index (χ4n) is 4.90. The Bertz CT molecular complexity index is 1450. The minimum absolute atomic E-state index is 0.312. The first kappa shape index (κ1) is 27.8. The topological polar surface area (TPSA) is 106 Å². The van der Waals surface area contributed by atoms with Crippen LogP contribution in [0.2, 0.25) is 0 Å². The van der Waals surface area contributed by atoms with Crippen molar-refractivity contribution in [1.82, 2.24) is 4.98 Å². The number of hydrogen-bond donors (Lipinski definition) is 0. The smallest absolute Gasteiger partial charge is 0.336 e. The van der Waals surface area contributed by atoms with E-state index in [1.54, 1.807) is 35.2 Å². The maximum Gasteiger partial charge on any atom is 0.336 e. The van der Waals surface area contributed by atoms with Gasteiger partial charge in [-0.05, 0) is 31.5 Å². The lowest BCUT2D eigenvalue weighted by atomic mass is 9.74. The molecule has 1 aliphatic rings. The summed E-state index contributed by atoms with van der Waals surface area (Å²) in [5, 5.41) is 2.64. The normalized spacial score (nSPS) is 16.8. The summed E-state index contributed by atoms with van der Waals surface area (Å²) in [7, 11) is 7.31. The molecule has 0 radical (unpaired) electrons. The first-order valence-electron chi connectivity index (χ1n) is 12.1. The second-order valence-electron chi connectivity index (χ2n) is 8.76. The van der Waals surface area contributed by atoms with E-state index in [9.17, 15) is 9.59 Å². The van der Waals surface area contributed by atoms with E-state index in [-0.39, 0.29) is 0 Å². The summed E-state index contributed by atoms with van der Waals surface area (Å²) < 4.78 is 26.7. The van der Waals surface area contributed by atoms with Crippen LogP contribution in [-0.2, 0) is 19.1 Å². The summed E-state index contributed by atoms with van der Waals surface area (Å²) >= 11 is 1.44. The van der Waals surface area contributed by atoms with Crippen molar-refractivity contribution >= 4 is 29.0 Å². The zero-order valence-electron chi connectivity index (χ0n) is 22.9. The molecule has 0 fully saturated rings. The average molecular weight is 551 g/mol. The van der Waals surface area contributed by atoms with E-state index in [4.69, 9.17) is 28.7 Å². The maximum atomic E-state index is 13.0. The number of carbonyl (C=O) groups is 2. The highest BCUT2D eigenvalue weighted by atomic mass is 32.1. The van der Waals surface area contributed by atoms with E-state index in [1.807, 2.05) is 41.8 Å². The number of allylic oxidation sites excluding steroid dienone is 1. The Morgan fingerprint density at radius 3 is 2.15 bits per heavy atom. The monoisotopic (exact) mass is 550 g/mol. The zero-order valence-corrected chi connectivity index (χ0v) is 23.7. The van der Waals surface area contributed by atoms with Crippen LogP contribution in [0.4, 0.5) is 0 Å². The number of rotatable bonds is 8. The van der Waals surface area contributed by atoms with E-state index < -0.39 is 23.8 Å². The molecule has 4 rings (SSSR count). The summed E-state index contributed by atoms with van der Waals surface area (Å²) in [4.78, 5) is 35.4. The van der Waals surface area contributed by atoms with Crippen LogP contribution in [0.15, 0.2) is 58.0 Å². The Morgan fingerprint density at radius 1 is 0.897 bits per heavy atom. The van der Waals surface area contributed by atoms with Crippen molar-refractivity contribution in [1.29, 1.82) is 0 Å². The van der Waals surface area contributed by atoms with Gasteiger partial charge in [-0.3, -0.25) is 9.79 Å².